The maximum absolute atomic E-state index is 12.9. The Labute approximate surface area is 131 Å². The summed E-state index contributed by atoms with van der Waals surface area (Å²) in [6.45, 7) is 0. The van der Waals surface area contributed by atoms with Gasteiger partial charge >= 0.3 is 12.4 Å². The molecule has 0 amide bonds. The van der Waals surface area contributed by atoms with Crippen molar-refractivity contribution in [1.82, 2.24) is 0 Å². The van der Waals surface area contributed by atoms with Crippen LogP contribution in [-0.4, -0.2) is 0 Å². The number of rotatable bonds is 1. The highest BCUT2D eigenvalue weighted by molar-refractivity contribution is 6.33. The molecule has 0 aromatic heterocycles. The van der Waals surface area contributed by atoms with Crippen molar-refractivity contribution in [2.45, 2.75) is 12.4 Å². The van der Waals surface area contributed by atoms with E-state index >= 15 is 0 Å². The van der Waals surface area contributed by atoms with Gasteiger partial charge in [-0.1, -0.05) is 29.8 Å². The molecule has 0 fully saturated rings. The molecule has 2 rings (SSSR count). The minimum Gasteiger partial charge on any atom is -0.192 e. The molecule has 120 valence electrons. The quantitative estimate of drug-likeness (QED) is 0.586. The van der Waals surface area contributed by atoms with Crippen LogP contribution in [0.3, 0.4) is 0 Å². The van der Waals surface area contributed by atoms with Crippen molar-refractivity contribution < 1.29 is 26.3 Å². The van der Waals surface area contributed by atoms with Crippen LogP contribution < -0.4 is 0 Å². The molecule has 0 unspecified atom stereocenters. The number of nitrogens with zero attached hydrogens (tertiary/aromatic N) is 1. The van der Waals surface area contributed by atoms with E-state index in [1.165, 1.54) is 12.1 Å². The van der Waals surface area contributed by atoms with Crippen LogP contribution in [0.25, 0.3) is 11.1 Å². The van der Waals surface area contributed by atoms with Gasteiger partial charge in [0.25, 0.3) is 0 Å². The van der Waals surface area contributed by atoms with Crippen molar-refractivity contribution in [3.05, 3.63) is 58.1 Å². The maximum atomic E-state index is 12.9. The lowest BCUT2D eigenvalue weighted by Crippen LogP contribution is -2.09. The molecule has 8 heteroatoms. The van der Waals surface area contributed by atoms with Gasteiger partial charge in [-0.15, -0.1) is 0 Å². The summed E-state index contributed by atoms with van der Waals surface area (Å²) in [5.74, 6) is 0. The molecular weight excluding hydrogens is 344 g/mol. The van der Waals surface area contributed by atoms with Crippen molar-refractivity contribution in [1.29, 1.82) is 5.26 Å². The van der Waals surface area contributed by atoms with Crippen LogP contribution in [0.1, 0.15) is 16.7 Å². The molecule has 2 aromatic carbocycles. The summed E-state index contributed by atoms with van der Waals surface area (Å²) in [6, 6.07) is 6.67. The van der Waals surface area contributed by atoms with Crippen molar-refractivity contribution in [3.8, 4) is 17.2 Å². The summed E-state index contributed by atoms with van der Waals surface area (Å²) < 4.78 is 76.6. The van der Waals surface area contributed by atoms with Gasteiger partial charge in [-0.3, -0.25) is 0 Å². The third-order valence-corrected chi connectivity index (χ3v) is 3.38. The molecule has 0 saturated carbocycles. The first-order chi connectivity index (χ1) is 10.6. The van der Waals surface area contributed by atoms with E-state index in [4.69, 9.17) is 16.9 Å². The predicted octanol–water partition coefficient (Wildman–Crippen LogP) is 5.92. The minimum absolute atomic E-state index is 0.0812. The molecule has 0 atom stereocenters. The summed E-state index contributed by atoms with van der Waals surface area (Å²) in [4.78, 5) is 0. The van der Waals surface area contributed by atoms with Gasteiger partial charge in [0.15, 0.2) is 0 Å². The van der Waals surface area contributed by atoms with Gasteiger partial charge in [0.2, 0.25) is 0 Å². The van der Waals surface area contributed by atoms with Gasteiger partial charge in [-0.2, -0.15) is 31.6 Å². The SMILES string of the molecule is N#Cc1c(-c2ccc(C(F)(F)F)cc2Cl)cccc1C(F)(F)F. The Kier molecular flexibility index (Phi) is 4.31. The molecule has 0 aliphatic heterocycles. The van der Waals surface area contributed by atoms with E-state index in [1.54, 1.807) is 0 Å². The smallest absolute Gasteiger partial charge is 0.192 e. The molecular formula is C15H6ClF6N. The van der Waals surface area contributed by atoms with E-state index in [1.807, 2.05) is 0 Å². The highest BCUT2D eigenvalue weighted by Gasteiger charge is 2.35. The zero-order valence-electron chi connectivity index (χ0n) is 11.1. The van der Waals surface area contributed by atoms with Crippen molar-refractivity contribution in [2.75, 3.05) is 0 Å². The number of benzene rings is 2. The first-order valence-electron chi connectivity index (χ1n) is 6.03. The first-order valence-corrected chi connectivity index (χ1v) is 6.41. The fraction of sp³-hybridized carbons (Fsp3) is 0.133. The van der Waals surface area contributed by atoms with Crippen molar-refractivity contribution >= 4 is 11.6 Å². The molecule has 2 aromatic rings. The van der Waals surface area contributed by atoms with Crippen molar-refractivity contribution in [3.63, 3.8) is 0 Å². The Balaban J connectivity index is 2.67. The number of hydrogen-bond donors (Lipinski definition) is 0. The summed E-state index contributed by atoms with van der Waals surface area (Å²) in [5.41, 5.74) is -3.16. The highest BCUT2D eigenvalue weighted by Crippen LogP contribution is 2.40. The standard InChI is InChI=1S/C15H6ClF6N/c16-13-6-8(14(17,18)19)4-5-10(13)9-2-1-3-12(11(9)7-23)15(20,21)22/h1-6H. The Morgan fingerprint density at radius 1 is 0.870 bits per heavy atom. The van der Waals surface area contributed by atoms with Crippen LogP contribution in [0.15, 0.2) is 36.4 Å². The summed E-state index contributed by atoms with van der Waals surface area (Å²) >= 11 is 5.77. The lowest BCUT2D eigenvalue weighted by molar-refractivity contribution is -0.138. The first kappa shape index (κ1) is 17.2. The van der Waals surface area contributed by atoms with Gasteiger partial charge in [0.05, 0.1) is 16.7 Å². The second kappa shape index (κ2) is 5.78. The number of hydrogen-bond acceptors (Lipinski definition) is 1. The van der Waals surface area contributed by atoms with E-state index in [9.17, 15) is 26.3 Å². The maximum Gasteiger partial charge on any atom is 0.417 e. The van der Waals surface area contributed by atoms with E-state index < -0.39 is 34.1 Å². The molecule has 1 nitrogen and oxygen atoms in total. The van der Waals surface area contributed by atoms with E-state index in [0.717, 1.165) is 18.2 Å². The topological polar surface area (TPSA) is 23.8 Å². The Morgan fingerprint density at radius 2 is 1.52 bits per heavy atom. The van der Waals surface area contributed by atoms with Crippen molar-refractivity contribution in [2.24, 2.45) is 0 Å². The summed E-state index contributed by atoms with van der Waals surface area (Å²) in [6.07, 6.45) is -9.40. The molecule has 0 heterocycles. The number of alkyl halides is 6. The average Bonchev–Trinajstić information content (AvgIpc) is 2.44. The van der Waals surface area contributed by atoms with Crippen LogP contribution in [0, 0.1) is 11.3 Å². The number of halogens is 7. The number of nitriles is 1. The Morgan fingerprint density at radius 3 is 2.00 bits per heavy atom. The van der Waals surface area contributed by atoms with Crippen LogP contribution in [0.4, 0.5) is 26.3 Å². The van der Waals surface area contributed by atoms with E-state index in [2.05, 4.69) is 0 Å². The van der Waals surface area contributed by atoms with Crippen LogP contribution in [-0.2, 0) is 12.4 Å². The van der Waals surface area contributed by atoms with Gasteiger partial charge in [-0.05, 0) is 18.2 Å². The average molecular weight is 350 g/mol. The predicted molar refractivity (Wildman–Crippen MR) is 71.6 cm³/mol. The lowest BCUT2D eigenvalue weighted by atomic mass is 9.95. The minimum atomic E-state index is -4.76. The second-order valence-corrected chi connectivity index (χ2v) is 4.94. The zero-order chi connectivity index (χ0) is 17.4. The second-order valence-electron chi connectivity index (χ2n) is 4.53. The molecule has 0 aliphatic carbocycles. The summed E-state index contributed by atoms with van der Waals surface area (Å²) in [7, 11) is 0. The van der Waals surface area contributed by atoms with E-state index in [-0.39, 0.29) is 11.1 Å². The molecule has 0 aliphatic rings. The van der Waals surface area contributed by atoms with Gasteiger partial charge in [0.1, 0.15) is 6.07 Å². The Bertz CT molecular complexity index is 786. The molecule has 0 N–H and O–H groups in total. The van der Waals surface area contributed by atoms with Crippen LogP contribution >= 0.6 is 11.6 Å². The van der Waals surface area contributed by atoms with E-state index in [0.29, 0.717) is 12.1 Å². The Hall–Kier alpha value is -2.20. The lowest BCUT2D eigenvalue weighted by Gasteiger charge is -2.14. The normalized spacial score (nSPS) is 12.1. The zero-order valence-corrected chi connectivity index (χ0v) is 11.8. The van der Waals surface area contributed by atoms with Gasteiger partial charge < -0.3 is 0 Å². The highest BCUT2D eigenvalue weighted by atomic mass is 35.5. The fourth-order valence-electron chi connectivity index (χ4n) is 2.04. The molecule has 0 saturated heterocycles. The monoisotopic (exact) mass is 349 g/mol. The van der Waals surface area contributed by atoms with Gasteiger partial charge in [-0.25, -0.2) is 0 Å². The third kappa shape index (κ3) is 3.42. The third-order valence-electron chi connectivity index (χ3n) is 3.07. The molecule has 0 spiro atoms. The van der Waals surface area contributed by atoms with Crippen LogP contribution in [0.5, 0.6) is 0 Å². The van der Waals surface area contributed by atoms with Crippen LogP contribution in [0.2, 0.25) is 5.02 Å². The molecule has 0 bridgehead atoms. The fourth-order valence-corrected chi connectivity index (χ4v) is 2.33. The summed E-state index contributed by atoms with van der Waals surface area (Å²) in [5, 5.41) is 8.63. The molecule has 0 radical (unpaired) electrons. The molecule has 23 heavy (non-hydrogen) atoms. The van der Waals surface area contributed by atoms with Gasteiger partial charge in [0, 0.05) is 16.1 Å². The largest absolute Gasteiger partial charge is 0.417 e.